The monoisotopic (exact) mass is 381 g/mol. The van der Waals surface area contributed by atoms with E-state index in [1.807, 2.05) is 0 Å². The Labute approximate surface area is 156 Å². The van der Waals surface area contributed by atoms with Crippen molar-refractivity contribution in [2.45, 2.75) is 0 Å². The number of phenolic OH excluding ortho intramolecular Hbond substituents is 1. The minimum atomic E-state index is -0.729. The molecular formula is C17H11N5O6. The molecule has 2 N–H and O–H groups in total. The van der Waals surface area contributed by atoms with Crippen LogP contribution in [0.25, 0.3) is 10.9 Å². The normalized spacial score (nSPS) is 10.9. The van der Waals surface area contributed by atoms with Crippen LogP contribution in [0.3, 0.4) is 0 Å². The lowest BCUT2D eigenvalue weighted by molar-refractivity contribution is -0.384. The lowest BCUT2D eigenvalue weighted by Crippen LogP contribution is -2.17. The van der Waals surface area contributed by atoms with Gasteiger partial charge in [-0.25, -0.2) is 5.43 Å². The van der Waals surface area contributed by atoms with Crippen molar-refractivity contribution >= 4 is 34.4 Å². The minimum Gasteiger partial charge on any atom is -0.505 e. The Bertz CT molecular complexity index is 1140. The van der Waals surface area contributed by atoms with Gasteiger partial charge in [0, 0.05) is 35.5 Å². The van der Waals surface area contributed by atoms with Crippen molar-refractivity contribution in [1.82, 2.24) is 10.4 Å². The molecule has 0 aliphatic rings. The number of fused-ring (bicyclic) bond motifs is 1. The summed E-state index contributed by atoms with van der Waals surface area (Å²) in [4.78, 5) is 36.7. The summed E-state index contributed by atoms with van der Waals surface area (Å²) in [5, 5.41) is 36.1. The molecule has 140 valence electrons. The van der Waals surface area contributed by atoms with Gasteiger partial charge in [-0.3, -0.25) is 30.0 Å². The van der Waals surface area contributed by atoms with Gasteiger partial charge in [-0.05, 0) is 18.2 Å². The highest BCUT2D eigenvalue weighted by atomic mass is 16.6. The number of nitrogens with one attached hydrogen (secondary N) is 1. The van der Waals surface area contributed by atoms with Crippen LogP contribution < -0.4 is 5.43 Å². The van der Waals surface area contributed by atoms with E-state index in [0.29, 0.717) is 0 Å². The second-order valence-corrected chi connectivity index (χ2v) is 5.50. The highest BCUT2D eigenvalue weighted by Crippen LogP contribution is 2.33. The number of carbonyl (C=O) groups excluding carboxylic acids is 1. The number of benzene rings is 2. The van der Waals surface area contributed by atoms with Crippen molar-refractivity contribution in [1.29, 1.82) is 0 Å². The van der Waals surface area contributed by atoms with E-state index in [4.69, 9.17) is 0 Å². The van der Waals surface area contributed by atoms with Gasteiger partial charge >= 0.3 is 0 Å². The molecule has 0 saturated heterocycles. The van der Waals surface area contributed by atoms with Gasteiger partial charge in [-0.15, -0.1) is 0 Å². The molecular weight excluding hydrogens is 370 g/mol. The molecule has 1 heterocycles. The molecule has 1 amide bonds. The lowest BCUT2D eigenvalue weighted by atomic mass is 10.1. The highest BCUT2D eigenvalue weighted by Gasteiger charge is 2.18. The molecule has 0 aliphatic carbocycles. The minimum absolute atomic E-state index is 0.00160. The van der Waals surface area contributed by atoms with E-state index in [2.05, 4.69) is 15.5 Å². The number of aromatic nitrogens is 1. The first-order chi connectivity index (χ1) is 13.4. The van der Waals surface area contributed by atoms with Crippen LogP contribution in [0.4, 0.5) is 11.4 Å². The number of nitro groups is 2. The molecule has 0 radical (unpaired) electrons. The Morgan fingerprint density at radius 3 is 2.64 bits per heavy atom. The first-order valence-corrected chi connectivity index (χ1v) is 7.71. The number of rotatable bonds is 5. The van der Waals surface area contributed by atoms with Crippen molar-refractivity contribution in [2.75, 3.05) is 0 Å². The molecule has 3 rings (SSSR count). The fourth-order valence-corrected chi connectivity index (χ4v) is 2.47. The van der Waals surface area contributed by atoms with Gasteiger partial charge in [0.05, 0.1) is 21.4 Å². The van der Waals surface area contributed by atoms with Crippen LogP contribution >= 0.6 is 0 Å². The Morgan fingerprint density at radius 2 is 1.93 bits per heavy atom. The van der Waals surface area contributed by atoms with Gasteiger partial charge in [0.2, 0.25) is 0 Å². The number of aromatic hydroxyl groups is 1. The van der Waals surface area contributed by atoms with Crippen LogP contribution in [-0.4, -0.2) is 32.1 Å². The largest absolute Gasteiger partial charge is 0.505 e. The number of phenols is 1. The molecule has 11 nitrogen and oxygen atoms in total. The van der Waals surface area contributed by atoms with E-state index in [0.717, 1.165) is 18.3 Å². The standard InChI is InChI=1S/C17H11N5O6/c23-16-11(8-14(22(27)28)13-5-2-6-18-15(13)16)9-19-20-17(24)10-3-1-4-12(7-10)21(25)26/h1-9,23H,(H,20,24)/b19-9-. The maximum absolute atomic E-state index is 12.1. The summed E-state index contributed by atoms with van der Waals surface area (Å²) in [5.41, 5.74) is 1.59. The summed E-state index contributed by atoms with van der Waals surface area (Å²) >= 11 is 0. The zero-order valence-corrected chi connectivity index (χ0v) is 14.0. The van der Waals surface area contributed by atoms with Crippen molar-refractivity contribution < 1.29 is 19.7 Å². The van der Waals surface area contributed by atoms with E-state index < -0.39 is 15.8 Å². The molecule has 0 fully saturated rings. The zero-order valence-electron chi connectivity index (χ0n) is 14.0. The van der Waals surface area contributed by atoms with Crippen molar-refractivity contribution in [3.63, 3.8) is 0 Å². The van der Waals surface area contributed by atoms with E-state index in [9.17, 15) is 30.1 Å². The van der Waals surface area contributed by atoms with E-state index >= 15 is 0 Å². The van der Waals surface area contributed by atoms with Crippen LogP contribution in [-0.2, 0) is 0 Å². The molecule has 0 bridgehead atoms. The van der Waals surface area contributed by atoms with Gasteiger partial charge in [0.1, 0.15) is 5.52 Å². The van der Waals surface area contributed by atoms with Gasteiger partial charge in [-0.1, -0.05) is 6.07 Å². The Hall–Kier alpha value is -4.41. The van der Waals surface area contributed by atoms with E-state index in [1.54, 1.807) is 0 Å². The number of nitrogens with zero attached hydrogens (tertiary/aromatic N) is 4. The number of nitro benzene ring substituents is 2. The Kier molecular flexibility index (Phi) is 4.89. The zero-order chi connectivity index (χ0) is 20.3. The Balaban J connectivity index is 1.88. The number of hydrogen-bond acceptors (Lipinski definition) is 8. The first kappa shape index (κ1) is 18.4. The summed E-state index contributed by atoms with van der Waals surface area (Å²) < 4.78 is 0. The van der Waals surface area contributed by atoms with Crippen LogP contribution in [0.1, 0.15) is 15.9 Å². The average molecular weight is 381 g/mol. The third-order valence-electron chi connectivity index (χ3n) is 3.76. The van der Waals surface area contributed by atoms with Gasteiger partial charge in [0.15, 0.2) is 5.75 Å². The maximum atomic E-state index is 12.1. The topological polar surface area (TPSA) is 161 Å². The first-order valence-electron chi connectivity index (χ1n) is 7.71. The smallest absolute Gasteiger partial charge is 0.279 e. The SMILES string of the molecule is O=C(N/N=C\c1cc([N+](=O)[O-])c2cccnc2c1O)c1cccc([N+](=O)[O-])c1. The van der Waals surface area contributed by atoms with Gasteiger partial charge in [-0.2, -0.15) is 5.10 Å². The quantitative estimate of drug-likeness (QED) is 0.390. The summed E-state index contributed by atoms with van der Waals surface area (Å²) in [7, 11) is 0. The summed E-state index contributed by atoms with van der Waals surface area (Å²) in [6, 6.07) is 9.07. The maximum Gasteiger partial charge on any atom is 0.279 e. The fourth-order valence-electron chi connectivity index (χ4n) is 2.47. The summed E-state index contributed by atoms with van der Waals surface area (Å²) in [6.45, 7) is 0. The number of hydrazone groups is 1. The van der Waals surface area contributed by atoms with Gasteiger partial charge < -0.3 is 5.11 Å². The van der Waals surface area contributed by atoms with Crippen molar-refractivity contribution in [3.05, 3.63) is 80.0 Å². The number of carbonyl (C=O) groups is 1. The number of non-ortho nitro benzene ring substituents is 2. The summed E-state index contributed by atoms with van der Waals surface area (Å²) in [5.74, 6) is -1.07. The molecule has 3 aromatic rings. The van der Waals surface area contributed by atoms with Crippen LogP contribution in [0.5, 0.6) is 5.75 Å². The van der Waals surface area contributed by atoms with E-state index in [-0.39, 0.29) is 39.2 Å². The van der Waals surface area contributed by atoms with E-state index in [1.165, 1.54) is 36.5 Å². The molecule has 0 aliphatic heterocycles. The van der Waals surface area contributed by atoms with Gasteiger partial charge in [0.25, 0.3) is 17.3 Å². The van der Waals surface area contributed by atoms with Crippen LogP contribution in [0.15, 0.2) is 53.8 Å². The molecule has 1 aromatic heterocycles. The number of hydrogen-bond donors (Lipinski definition) is 2. The molecule has 0 spiro atoms. The third-order valence-corrected chi connectivity index (χ3v) is 3.76. The second kappa shape index (κ2) is 7.45. The lowest BCUT2D eigenvalue weighted by Gasteiger charge is -2.05. The number of amides is 1. The molecule has 28 heavy (non-hydrogen) atoms. The molecule has 0 atom stereocenters. The molecule has 2 aromatic carbocycles. The predicted molar refractivity (Wildman–Crippen MR) is 98.2 cm³/mol. The second-order valence-electron chi connectivity index (χ2n) is 5.50. The molecule has 0 saturated carbocycles. The fraction of sp³-hybridized carbons (Fsp3) is 0. The third kappa shape index (κ3) is 3.58. The molecule has 11 heteroatoms. The molecule has 0 unspecified atom stereocenters. The van der Waals surface area contributed by atoms with Crippen molar-refractivity contribution in [2.24, 2.45) is 5.10 Å². The average Bonchev–Trinajstić information content (AvgIpc) is 2.69. The summed E-state index contributed by atoms with van der Waals surface area (Å²) in [6.07, 6.45) is 2.39. The predicted octanol–water partition coefficient (Wildman–Crippen LogP) is 2.52. The van der Waals surface area contributed by atoms with Crippen LogP contribution in [0.2, 0.25) is 0 Å². The van der Waals surface area contributed by atoms with Crippen molar-refractivity contribution in [3.8, 4) is 5.75 Å². The Morgan fingerprint density at radius 1 is 1.14 bits per heavy atom. The highest BCUT2D eigenvalue weighted by molar-refractivity contribution is 6.01. The van der Waals surface area contributed by atoms with Crippen LogP contribution in [0, 0.1) is 20.2 Å². The number of pyridine rings is 1.